The van der Waals surface area contributed by atoms with Crippen molar-refractivity contribution in [2.75, 3.05) is 0 Å². The normalized spacial score (nSPS) is 26.9. The van der Waals surface area contributed by atoms with Crippen LogP contribution in [-0.4, -0.2) is 0 Å². The zero-order valence-electron chi connectivity index (χ0n) is 21.8. The van der Waals surface area contributed by atoms with Crippen LogP contribution >= 0.6 is 0 Å². The van der Waals surface area contributed by atoms with E-state index in [1.165, 1.54) is 135 Å². The SMILES string of the molecule is C1=C\CCCCC/C=C/CC/C=C/CCCCC/C=C/CC/C=C\CCCCC/C=C/CC/1. The van der Waals surface area contributed by atoms with Gasteiger partial charge < -0.3 is 0 Å². The van der Waals surface area contributed by atoms with Gasteiger partial charge in [0.25, 0.3) is 0 Å². The molecule has 1 aliphatic carbocycles. The molecule has 0 fully saturated rings. The van der Waals surface area contributed by atoms with Gasteiger partial charge in [0.2, 0.25) is 0 Å². The van der Waals surface area contributed by atoms with Crippen molar-refractivity contribution in [3.8, 4) is 0 Å². The number of hydrogen-bond acceptors (Lipinski definition) is 0. The van der Waals surface area contributed by atoms with E-state index in [9.17, 15) is 0 Å². The lowest BCUT2D eigenvalue weighted by Crippen LogP contribution is -1.76. The van der Waals surface area contributed by atoms with Crippen LogP contribution in [0.3, 0.4) is 0 Å². The number of hydrogen-bond donors (Lipinski definition) is 0. The molecule has 1 rings (SSSR count). The van der Waals surface area contributed by atoms with E-state index in [4.69, 9.17) is 0 Å². The second-order valence-electron chi connectivity index (χ2n) is 9.47. The van der Waals surface area contributed by atoms with E-state index in [1.54, 1.807) is 0 Å². The lowest BCUT2D eigenvalue weighted by Gasteiger charge is -1.96. The lowest BCUT2D eigenvalue weighted by molar-refractivity contribution is 0.693. The van der Waals surface area contributed by atoms with E-state index in [0.717, 1.165) is 0 Å². The first-order chi connectivity index (χ1) is 16.5. The van der Waals surface area contributed by atoms with Crippen LogP contribution in [0.4, 0.5) is 0 Å². The van der Waals surface area contributed by atoms with Gasteiger partial charge in [-0.25, -0.2) is 0 Å². The van der Waals surface area contributed by atoms with Crippen molar-refractivity contribution in [3.63, 3.8) is 0 Å². The highest BCUT2D eigenvalue weighted by molar-refractivity contribution is 4.90. The Bertz CT molecular complexity index is 426. The van der Waals surface area contributed by atoms with Gasteiger partial charge in [0, 0.05) is 0 Å². The zero-order chi connectivity index (χ0) is 23.3. The summed E-state index contributed by atoms with van der Waals surface area (Å²) in [6, 6.07) is 0. The van der Waals surface area contributed by atoms with Gasteiger partial charge in [-0.15, -0.1) is 0 Å². The minimum Gasteiger partial charge on any atom is -0.0885 e. The average Bonchev–Trinajstić information content (AvgIpc) is 2.83. The molecule has 186 valence electrons. The Hall–Kier alpha value is -1.56. The first-order valence-corrected chi connectivity index (χ1v) is 14.4. The Kier molecular flexibility index (Phi) is 23.8. The van der Waals surface area contributed by atoms with E-state index in [2.05, 4.69) is 72.9 Å². The number of rotatable bonds is 0. The summed E-state index contributed by atoms with van der Waals surface area (Å²) in [6.07, 6.45) is 55.5. The molecule has 1 aliphatic rings. The summed E-state index contributed by atoms with van der Waals surface area (Å²) in [5.41, 5.74) is 0. The molecule has 0 saturated carbocycles. The van der Waals surface area contributed by atoms with E-state index in [0.29, 0.717) is 0 Å². The van der Waals surface area contributed by atoms with Crippen LogP contribution in [0.25, 0.3) is 0 Å². The van der Waals surface area contributed by atoms with Gasteiger partial charge in [0.15, 0.2) is 0 Å². The summed E-state index contributed by atoms with van der Waals surface area (Å²) in [6.45, 7) is 0. The average molecular weight is 451 g/mol. The van der Waals surface area contributed by atoms with E-state index in [-0.39, 0.29) is 0 Å². The van der Waals surface area contributed by atoms with Crippen molar-refractivity contribution < 1.29 is 0 Å². The zero-order valence-corrected chi connectivity index (χ0v) is 21.8. The first kappa shape index (κ1) is 29.5. The molecule has 0 atom stereocenters. The highest BCUT2D eigenvalue weighted by Crippen LogP contribution is 2.09. The summed E-state index contributed by atoms with van der Waals surface area (Å²) in [5.74, 6) is 0. The highest BCUT2D eigenvalue weighted by Gasteiger charge is 1.89. The summed E-state index contributed by atoms with van der Waals surface area (Å²) in [5, 5.41) is 0. The standard InChI is InChI=1S/C33H54/c1-2-4-6-8-10-12-14-16-18-20-22-24-26-28-30-32-33-31-29-27-25-23-21-19-17-15-13-11-9-7-5-3-1/h1-2,7,9,14,16,21-24,29,31H,3-6,8,10-13,15,17-20,25-28,30,32-33H2/b2-1-,9-7+,16-14+,23-21-,24-22+,31-29+. The Morgan fingerprint density at radius 2 is 0.303 bits per heavy atom. The van der Waals surface area contributed by atoms with Crippen LogP contribution in [0.1, 0.15) is 135 Å². The van der Waals surface area contributed by atoms with Crippen LogP contribution in [0.2, 0.25) is 0 Å². The minimum absolute atomic E-state index is 1.20. The molecule has 0 saturated heterocycles. The predicted octanol–water partition coefficient (Wildman–Crippen LogP) is 11.5. The Morgan fingerprint density at radius 1 is 0.152 bits per heavy atom. The molecule has 0 heteroatoms. The summed E-state index contributed by atoms with van der Waals surface area (Å²) in [7, 11) is 0. The van der Waals surface area contributed by atoms with Crippen molar-refractivity contribution in [2.45, 2.75) is 135 Å². The van der Waals surface area contributed by atoms with E-state index >= 15 is 0 Å². The van der Waals surface area contributed by atoms with Crippen LogP contribution in [-0.2, 0) is 0 Å². The molecule has 0 N–H and O–H groups in total. The maximum absolute atomic E-state index is 2.39. The van der Waals surface area contributed by atoms with Gasteiger partial charge >= 0.3 is 0 Å². The topological polar surface area (TPSA) is 0 Å². The fourth-order valence-corrected chi connectivity index (χ4v) is 4.10. The predicted molar refractivity (Wildman–Crippen MR) is 152 cm³/mol. The van der Waals surface area contributed by atoms with Crippen molar-refractivity contribution in [1.82, 2.24) is 0 Å². The third-order valence-electron chi connectivity index (χ3n) is 6.22. The molecular weight excluding hydrogens is 396 g/mol. The fourth-order valence-electron chi connectivity index (χ4n) is 4.10. The molecule has 0 amide bonds. The molecule has 0 heterocycles. The largest absolute Gasteiger partial charge is 0.0885 e. The summed E-state index contributed by atoms with van der Waals surface area (Å²) in [4.78, 5) is 0. The van der Waals surface area contributed by atoms with Crippen molar-refractivity contribution >= 4 is 0 Å². The minimum atomic E-state index is 1.20. The van der Waals surface area contributed by atoms with Gasteiger partial charge in [0.1, 0.15) is 0 Å². The Balaban J connectivity index is 2.20. The van der Waals surface area contributed by atoms with Crippen molar-refractivity contribution in [2.24, 2.45) is 0 Å². The Morgan fingerprint density at radius 3 is 0.485 bits per heavy atom. The summed E-state index contributed by atoms with van der Waals surface area (Å²) < 4.78 is 0. The molecular formula is C33H54. The van der Waals surface area contributed by atoms with Crippen LogP contribution < -0.4 is 0 Å². The van der Waals surface area contributed by atoms with Crippen molar-refractivity contribution in [3.05, 3.63) is 72.9 Å². The van der Waals surface area contributed by atoms with Gasteiger partial charge in [-0.2, -0.15) is 0 Å². The Labute approximate surface area is 207 Å². The molecule has 0 spiro atoms. The van der Waals surface area contributed by atoms with Gasteiger partial charge in [-0.3, -0.25) is 0 Å². The molecule has 0 aromatic rings. The highest BCUT2D eigenvalue weighted by atomic mass is 14.0. The number of allylic oxidation sites excluding steroid dienone is 12. The third-order valence-corrected chi connectivity index (χ3v) is 6.22. The summed E-state index contributed by atoms with van der Waals surface area (Å²) >= 11 is 0. The fraction of sp³-hybridized carbons (Fsp3) is 0.636. The molecule has 33 heavy (non-hydrogen) atoms. The van der Waals surface area contributed by atoms with E-state index in [1.807, 2.05) is 0 Å². The van der Waals surface area contributed by atoms with Crippen molar-refractivity contribution in [1.29, 1.82) is 0 Å². The third kappa shape index (κ3) is 24.9. The molecule has 0 bridgehead atoms. The van der Waals surface area contributed by atoms with Gasteiger partial charge in [-0.05, 0) is 116 Å². The maximum atomic E-state index is 2.39. The molecule has 0 aromatic heterocycles. The molecule has 0 nitrogen and oxygen atoms in total. The first-order valence-electron chi connectivity index (χ1n) is 14.4. The van der Waals surface area contributed by atoms with Gasteiger partial charge in [0.05, 0.1) is 0 Å². The monoisotopic (exact) mass is 450 g/mol. The quantitative estimate of drug-likeness (QED) is 0.322. The molecule has 0 aliphatic heterocycles. The molecule has 0 aromatic carbocycles. The second kappa shape index (κ2) is 26.7. The van der Waals surface area contributed by atoms with E-state index < -0.39 is 0 Å². The molecule has 0 radical (unpaired) electrons. The second-order valence-corrected chi connectivity index (χ2v) is 9.47. The maximum Gasteiger partial charge on any atom is -0.0316 e. The molecule has 0 unspecified atom stereocenters. The van der Waals surface area contributed by atoms with Crippen LogP contribution in [0.15, 0.2) is 72.9 Å². The smallest absolute Gasteiger partial charge is 0.0316 e. The van der Waals surface area contributed by atoms with Crippen LogP contribution in [0.5, 0.6) is 0 Å². The van der Waals surface area contributed by atoms with Gasteiger partial charge in [-0.1, -0.05) is 92.2 Å². The lowest BCUT2D eigenvalue weighted by atomic mass is 10.1. The van der Waals surface area contributed by atoms with Crippen LogP contribution in [0, 0.1) is 0 Å².